The van der Waals surface area contributed by atoms with Crippen LogP contribution in [-0.2, 0) is 11.2 Å². The second-order valence-electron chi connectivity index (χ2n) is 4.14. The first-order chi connectivity index (χ1) is 7.20. The maximum absolute atomic E-state index is 13.2. The van der Waals surface area contributed by atoms with Crippen molar-refractivity contribution in [1.29, 1.82) is 0 Å². The summed E-state index contributed by atoms with van der Waals surface area (Å²) < 4.78 is 18.6. The predicted octanol–water partition coefficient (Wildman–Crippen LogP) is 3.43. The van der Waals surface area contributed by atoms with Gasteiger partial charge in [-0.2, -0.15) is 0 Å². The average Bonchev–Trinajstić information content (AvgIpc) is 2.20. The molecule has 0 aliphatic rings. The van der Waals surface area contributed by atoms with Crippen LogP contribution in [0.15, 0.2) is 24.3 Å². The molecule has 1 aromatic rings. The molecule has 0 radical (unpaired) electrons. The van der Waals surface area contributed by atoms with E-state index >= 15 is 0 Å². The lowest BCUT2D eigenvalue weighted by atomic mass is 10.1. The smallest absolute Gasteiger partial charge is 0.126 e. The fourth-order valence-corrected chi connectivity index (χ4v) is 1.30. The Balaban J connectivity index is 2.18. The fraction of sp³-hybridized carbons (Fsp3) is 0.538. The summed E-state index contributed by atoms with van der Waals surface area (Å²) in [4.78, 5) is 0. The van der Waals surface area contributed by atoms with Crippen molar-refractivity contribution in [2.75, 3.05) is 13.2 Å². The third-order valence-corrected chi connectivity index (χ3v) is 2.31. The largest absolute Gasteiger partial charge is 0.381 e. The molecule has 0 bridgehead atoms. The Morgan fingerprint density at radius 3 is 2.60 bits per heavy atom. The van der Waals surface area contributed by atoms with E-state index in [4.69, 9.17) is 4.74 Å². The molecule has 0 saturated heterocycles. The lowest BCUT2D eigenvalue weighted by molar-refractivity contribution is 0.126. The van der Waals surface area contributed by atoms with Crippen LogP contribution in [0.25, 0.3) is 0 Å². The zero-order chi connectivity index (χ0) is 11.1. The summed E-state index contributed by atoms with van der Waals surface area (Å²) in [6.07, 6.45) is 1.72. The van der Waals surface area contributed by atoms with Crippen LogP contribution in [0.4, 0.5) is 4.39 Å². The van der Waals surface area contributed by atoms with E-state index in [0.717, 1.165) is 18.6 Å². The number of hydrogen-bond acceptors (Lipinski definition) is 1. The summed E-state index contributed by atoms with van der Waals surface area (Å²) in [7, 11) is 0. The molecule has 0 aliphatic carbocycles. The van der Waals surface area contributed by atoms with E-state index in [9.17, 15) is 4.39 Å². The maximum Gasteiger partial charge on any atom is 0.126 e. The summed E-state index contributed by atoms with van der Waals surface area (Å²) in [6.45, 7) is 5.71. The van der Waals surface area contributed by atoms with Gasteiger partial charge in [-0.25, -0.2) is 4.39 Å². The third kappa shape index (κ3) is 4.93. The van der Waals surface area contributed by atoms with Gasteiger partial charge in [0.05, 0.1) is 6.61 Å². The zero-order valence-electron chi connectivity index (χ0n) is 9.50. The van der Waals surface area contributed by atoms with E-state index in [2.05, 4.69) is 13.8 Å². The highest BCUT2D eigenvalue weighted by Gasteiger charge is 2.00. The van der Waals surface area contributed by atoms with Gasteiger partial charge in [0.25, 0.3) is 0 Å². The van der Waals surface area contributed by atoms with Crippen LogP contribution in [-0.4, -0.2) is 13.2 Å². The van der Waals surface area contributed by atoms with Crippen LogP contribution in [0.3, 0.4) is 0 Å². The monoisotopic (exact) mass is 210 g/mol. The van der Waals surface area contributed by atoms with E-state index in [1.165, 1.54) is 6.07 Å². The summed E-state index contributed by atoms with van der Waals surface area (Å²) in [5.74, 6) is 0.531. The normalized spacial score (nSPS) is 10.9. The van der Waals surface area contributed by atoms with Crippen LogP contribution in [0.2, 0.25) is 0 Å². The minimum Gasteiger partial charge on any atom is -0.381 e. The van der Waals surface area contributed by atoms with E-state index in [0.29, 0.717) is 18.9 Å². The van der Waals surface area contributed by atoms with Gasteiger partial charge in [-0.05, 0) is 30.4 Å². The summed E-state index contributed by atoms with van der Waals surface area (Å²) >= 11 is 0. The molecule has 0 amide bonds. The van der Waals surface area contributed by atoms with Crippen molar-refractivity contribution in [3.05, 3.63) is 35.6 Å². The van der Waals surface area contributed by atoms with Gasteiger partial charge in [-0.15, -0.1) is 0 Å². The Hall–Kier alpha value is -0.890. The topological polar surface area (TPSA) is 9.23 Å². The maximum atomic E-state index is 13.2. The lowest BCUT2D eigenvalue weighted by Gasteiger charge is -2.06. The van der Waals surface area contributed by atoms with Crippen LogP contribution < -0.4 is 0 Å². The first-order valence-electron chi connectivity index (χ1n) is 5.51. The molecule has 0 aliphatic heterocycles. The van der Waals surface area contributed by atoms with Crippen molar-refractivity contribution in [3.8, 4) is 0 Å². The quantitative estimate of drug-likeness (QED) is 0.654. The van der Waals surface area contributed by atoms with Crippen LogP contribution >= 0.6 is 0 Å². The standard InChI is InChI=1S/C13H19FO/c1-11(2)7-9-15-10-8-12-5-3-4-6-13(12)14/h3-6,11H,7-10H2,1-2H3. The van der Waals surface area contributed by atoms with Crippen molar-refractivity contribution in [1.82, 2.24) is 0 Å². The SMILES string of the molecule is CC(C)CCOCCc1ccccc1F. The minimum atomic E-state index is -0.134. The van der Waals surface area contributed by atoms with E-state index in [1.807, 2.05) is 6.07 Å². The van der Waals surface area contributed by atoms with Crippen molar-refractivity contribution < 1.29 is 9.13 Å². The molecule has 0 spiro atoms. The van der Waals surface area contributed by atoms with Crippen LogP contribution in [0.1, 0.15) is 25.8 Å². The summed E-state index contributed by atoms with van der Waals surface area (Å²) in [5, 5.41) is 0. The highest BCUT2D eigenvalue weighted by Crippen LogP contribution is 2.07. The number of halogens is 1. The van der Waals surface area contributed by atoms with Crippen LogP contribution in [0, 0.1) is 11.7 Å². The molecule has 0 unspecified atom stereocenters. The molecular formula is C13H19FO. The second kappa shape index (κ2) is 6.57. The number of rotatable bonds is 6. The Bertz CT molecular complexity index is 284. The Labute approximate surface area is 91.3 Å². The van der Waals surface area contributed by atoms with E-state index < -0.39 is 0 Å². The van der Waals surface area contributed by atoms with Crippen molar-refractivity contribution >= 4 is 0 Å². The number of hydrogen-bond donors (Lipinski definition) is 0. The first-order valence-corrected chi connectivity index (χ1v) is 5.51. The van der Waals surface area contributed by atoms with Gasteiger partial charge in [0.1, 0.15) is 5.82 Å². The molecule has 15 heavy (non-hydrogen) atoms. The van der Waals surface area contributed by atoms with E-state index in [-0.39, 0.29) is 5.82 Å². The highest BCUT2D eigenvalue weighted by molar-refractivity contribution is 5.17. The van der Waals surface area contributed by atoms with Crippen molar-refractivity contribution in [3.63, 3.8) is 0 Å². The van der Waals surface area contributed by atoms with Crippen LogP contribution in [0.5, 0.6) is 0 Å². The molecule has 1 aromatic carbocycles. The highest BCUT2D eigenvalue weighted by atomic mass is 19.1. The molecular weight excluding hydrogens is 191 g/mol. The number of ether oxygens (including phenoxy) is 1. The van der Waals surface area contributed by atoms with Gasteiger partial charge in [0.15, 0.2) is 0 Å². The molecule has 0 atom stereocenters. The fourth-order valence-electron chi connectivity index (χ4n) is 1.30. The average molecular weight is 210 g/mol. The van der Waals surface area contributed by atoms with Gasteiger partial charge in [0, 0.05) is 6.61 Å². The zero-order valence-corrected chi connectivity index (χ0v) is 9.50. The first kappa shape index (κ1) is 12.2. The van der Waals surface area contributed by atoms with Gasteiger partial charge in [-0.1, -0.05) is 32.0 Å². The molecule has 2 heteroatoms. The minimum absolute atomic E-state index is 0.134. The molecule has 1 nitrogen and oxygen atoms in total. The molecule has 0 fully saturated rings. The third-order valence-electron chi connectivity index (χ3n) is 2.31. The molecule has 0 heterocycles. The Morgan fingerprint density at radius 2 is 1.93 bits per heavy atom. The summed E-state index contributed by atoms with van der Waals surface area (Å²) in [5.41, 5.74) is 0.738. The Morgan fingerprint density at radius 1 is 1.20 bits per heavy atom. The predicted molar refractivity (Wildman–Crippen MR) is 60.4 cm³/mol. The van der Waals surface area contributed by atoms with Gasteiger partial charge >= 0.3 is 0 Å². The van der Waals surface area contributed by atoms with Gasteiger partial charge < -0.3 is 4.74 Å². The Kier molecular flexibility index (Phi) is 5.33. The number of benzene rings is 1. The summed E-state index contributed by atoms with van der Waals surface area (Å²) in [6, 6.07) is 6.86. The molecule has 0 N–H and O–H groups in total. The molecule has 0 saturated carbocycles. The van der Waals surface area contributed by atoms with E-state index in [1.54, 1.807) is 12.1 Å². The molecule has 0 aromatic heterocycles. The van der Waals surface area contributed by atoms with Crippen molar-refractivity contribution in [2.45, 2.75) is 26.7 Å². The molecule has 1 rings (SSSR count). The van der Waals surface area contributed by atoms with Gasteiger partial charge in [-0.3, -0.25) is 0 Å². The van der Waals surface area contributed by atoms with Crippen molar-refractivity contribution in [2.24, 2.45) is 5.92 Å². The lowest BCUT2D eigenvalue weighted by Crippen LogP contribution is -2.03. The van der Waals surface area contributed by atoms with Gasteiger partial charge in [0.2, 0.25) is 0 Å². The molecule has 84 valence electrons. The second-order valence-corrected chi connectivity index (χ2v) is 4.14.